The van der Waals surface area contributed by atoms with Gasteiger partial charge in [-0.1, -0.05) is 6.92 Å². The van der Waals surface area contributed by atoms with E-state index in [0.717, 1.165) is 69.9 Å². The Labute approximate surface area is 175 Å². The van der Waals surface area contributed by atoms with Crippen molar-refractivity contribution >= 4 is 5.91 Å². The number of hydrogen-bond donors (Lipinski definition) is 1. The highest BCUT2D eigenvalue weighted by atomic mass is 16.5. The first kappa shape index (κ1) is 21.9. The summed E-state index contributed by atoms with van der Waals surface area (Å²) in [6, 6.07) is 4.90. The summed E-state index contributed by atoms with van der Waals surface area (Å²) >= 11 is 0. The van der Waals surface area contributed by atoms with Crippen LogP contribution in [0.15, 0.2) is 12.1 Å². The molecule has 0 aromatic heterocycles. The van der Waals surface area contributed by atoms with E-state index < -0.39 is 0 Å². The summed E-state index contributed by atoms with van der Waals surface area (Å²) in [6.45, 7) is 7.67. The van der Waals surface area contributed by atoms with E-state index in [1.165, 1.54) is 24.0 Å². The number of piperazine rings is 1. The number of hydrogen-bond acceptors (Lipinski definition) is 5. The van der Waals surface area contributed by atoms with E-state index in [1.54, 1.807) is 14.2 Å². The van der Waals surface area contributed by atoms with Crippen LogP contribution < -0.4 is 14.8 Å². The molecule has 1 aromatic rings. The standard InChI is InChI=1S/C23H37N3O3/c1-4-10-25(11-5-6-12-26-13-9-24-17-23(26)27)20-8-7-18-15-21(28-2)22(29-3)16-19(18)14-20/h15-16,20,24H,4-14,17H2,1-3H3. The summed E-state index contributed by atoms with van der Waals surface area (Å²) in [6.07, 6.45) is 6.76. The topological polar surface area (TPSA) is 54.0 Å². The van der Waals surface area contributed by atoms with E-state index >= 15 is 0 Å². The molecule has 0 radical (unpaired) electrons. The van der Waals surface area contributed by atoms with Crippen molar-refractivity contribution in [1.82, 2.24) is 15.1 Å². The number of methoxy groups -OCH3 is 2. The zero-order valence-electron chi connectivity index (χ0n) is 18.3. The monoisotopic (exact) mass is 403 g/mol. The number of nitrogens with zero attached hydrogens (tertiary/aromatic N) is 2. The van der Waals surface area contributed by atoms with Gasteiger partial charge in [-0.2, -0.15) is 0 Å². The van der Waals surface area contributed by atoms with Crippen LogP contribution in [0.25, 0.3) is 0 Å². The number of benzene rings is 1. The highest BCUT2D eigenvalue weighted by molar-refractivity contribution is 5.78. The van der Waals surface area contributed by atoms with E-state index in [9.17, 15) is 4.79 Å². The predicted octanol–water partition coefficient (Wildman–Crippen LogP) is 2.49. The quantitative estimate of drug-likeness (QED) is 0.609. The third kappa shape index (κ3) is 5.64. The van der Waals surface area contributed by atoms with Crippen LogP contribution in [0, 0.1) is 0 Å². The Morgan fingerprint density at radius 3 is 2.59 bits per heavy atom. The molecule has 6 heteroatoms. The van der Waals surface area contributed by atoms with Gasteiger partial charge in [-0.15, -0.1) is 0 Å². The second-order valence-electron chi connectivity index (χ2n) is 8.17. The molecule has 0 bridgehead atoms. The third-order valence-electron chi connectivity index (χ3n) is 6.25. The summed E-state index contributed by atoms with van der Waals surface area (Å²) in [5.41, 5.74) is 2.79. The lowest BCUT2D eigenvalue weighted by atomic mass is 9.86. The Kier molecular flexibility index (Phi) is 8.19. The van der Waals surface area contributed by atoms with Crippen LogP contribution in [0.1, 0.15) is 43.7 Å². The van der Waals surface area contributed by atoms with Crippen molar-refractivity contribution < 1.29 is 14.3 Å². The molecule has 1 aliphatic heterocycles. The number of rotatable bonds is 10. The van der Waals surface area contributed by atoms with E-state index in [4.69, 9.17) is 9.47 Å². The first-order chi connectivity index (χ1) is 14.2. The largest absolute Gasteiger partial charge is 0.493 e. The molecule has 6 nitrogen and oxygen atoms in total. The number of carbonyl (C=O) groups is 1. The molecule has 2 aliphatic rings. The Balaban J connectivity index is 1.54. The van der Waals surface area contributed by atoms with Crippen LogP contribution in [0.4, 0.5) is 0 Å². The van der Waals surface area contributed by atoms with Crippen molar-refractivity contribution in [1.29, 1.82) is 0 Å². The maximum absolute atomic E-state index is 11.9. The van der Waals surface area contributed by atoms with Crippen molar-refractivity contribution in [3.8, 4) is 11.5 Å². The number of fused-ring (bicyclic) bond motifs is 1. The predicted molar refractivity (Wildman–Crippen MR) is 116 cm³/mol. The molecule has 1 amide bonds. The maximum Gasteiger partial charge on any atom is 0.236 e. The van der Waals surface area contributed by atoms with Crippen molar-refractivity contribution in [2.45, 2.75) is 51.5 Å². The number of amides is 1. The molecule has 1 aromatic carbocycles. The van der Waals surface area contributed by atoms with Crippen molar-refractivity contribution in [2.75, 3.05) is 53.5 Å². The molecule has 1 atom stereocenters. The first-order valence-electron chi connectivity index (χ1n) is 11.1. The summed E-state index contributed by atoms with van der Waals surface area (Å²) in [5, 5.41) is 3.14. The molecule has 162 valence electrons. The molecule has 1 fully saturated rings. The molecule has 1 N–H and O–H groups in total. The van der Waals surface area contributed by atoms with Crippen LogP contribution in [-0.2, 0) is 17.6 Å². The average molecular weight is 404 g/mol. The van der Waals surface area contributed by atoms with E-state index in [1.807, 2.05) is 4.90 Å². The average Bonchev–Trinajstić information content (AvgIpc) is 2.75. The first-order valence-corrected chi connectivity index (χ1v) is 11.1. The Morgan fingerprint density at radius 2 is 1.90 bits per heavy atom. The molecule has 0 spiro atoms. The summed E-state index contributed by atoms with van der Waals surface area (Å²) in [4.78, 5) is 16.6. The summed E-state index contributed by atoms with van der Waals surface area (Å²) in [7, 11) is 3.41. The third-order valence-corrected chi connectivity index (χ3v) is 6.25. The minimum absolute atomic E-state index is 0.245. The van der Waals surface area contributed by atoms with Gasteiger partial charge in [-0.05, 0) is 74.9 Å². The van der Waals surface area contributed by atoms with E-state index in [0.29, 0.717) is 12.6 Å². The molecule has 1 saturated heterocycles. The molecule has 1 unspecified atom stereocenters. The lowest BCUT2D eigenvalue weighted by Gasteiger charge is -2.36. The van der Waals surface area contributed by atoms with Crippen molar-refractivity contribution in [3.63, 3.8) is 0 Å². The second kappa shape index (κ2) is 10.8. The van der Waals surface area contributed by atoms with E-state index in [2.05, 4.69) is 29.3 Å². The molecule has 1 heterocycles. The normalized spacial score (nSPS) is 19.4. The van der Waals surface area contributed by atoms with Crippen LogP contribution in [0.5, 0.6) is 11.5 Å². The fourth-order valence-electron chi connectivity index (χ4n) is 4.64. The van der Waals surface area contributed by atoms with Crippen LogP contribution in [0.3, 0.4) is 0 Å². The van der Waals surface area contributed by atoms with Gasteiger partial charge in [0.15, 0.2) is 11.5 Å². The van der Waals surface area contributed by atoms with Gasteiger partial charge in [0.2, 0.25) is 5.91 Å². The summed E-state index contributed by atoms with van der Waals surface area (Å²) in [5.74, 6) is 1.90. The number of carbonyl (C=O) groups excluding carboxylic acids is 1. The molecule has 1 aliphatic carbocycles. The molecule has 29 heavy (non-hydrogen) atoms. The summed E-state index contributed by atoms with van der Waals surface area (Å²) < 4.78 is 11.0. The van der Waals surface area contributed by atoms with Crippen LogP contribution >= 0.6 is 0 Å². The Hall–Kier alpha value is -1.79. The van der Waals surface area contributed by atoms with Gasteiger partial charge in [0, 0.05) is 25.7 Å². The van der Waals surface area contributed by atoms with Gasteiger partial charge in [0.25, 0.3) is 0 Å². The number of aryl methyl sites for hydroxylation is 1. The van der Waals surface area contributed by atoms with Gasteiger partial charge in [-0.3, -0.25) is 4.79 Å². The van der Waals surface area contributed by atoms with Gasteiger partial charge in [0.05, 0.1) is 20.8 Å². The van der Waals surface area contributed by atoms with Gasteiger partial charge < -0.3 is 24.6 Å². The molecule has 3 rings (SSSR count). The highest BCUT2D eigenvalue weighted by Gasteiger charge is 2.25. The highest BCUT2D eigenvalue weighted by Crippen LogP contribution is 2.35. The lowest BCUT2D eigenvalue weighted by Crippen LogP contribution is -2.48. The fourth-order valence-corrected chi connectivity index (χ4v) is 4.64. The van der Waals surface area contributed by atoms with E-state index in [-0.39, 0.29) is 5.91 Å². The molecular formula is C23H37N3O3. The number of nitrogens with one attached hydrogen (secondary N) is 1. The van der Waals surface area contributed by atoms with Gasteiger partial charge in [-0.25, -0.2) is 0 Å². The van der Waals surface area contributed by atoms with Gasteiger partial charge >= 0.3 is 0 Å². The minimum atomic E-state index is 0.245. The second-order valence-corrected chi connectivity index (χ2v) is 8.17. The van der Waals surface area contributed by atoms with Gasteiger partial charge in [0.1, 0.15) is 0 Å². The fraction of sp³-hybridized carbons (Fsp3) is 0.696. The zero-order chi connectivity index (χ0) is 20.6. The Morgan fingerprint density at radius 1 is 1.14 bits per heavy atom. The molecule has 0 saturated carbocycles. The number of unbranched alkanes of at least 4 members (excludes halogenated alkanes) is 1. The Bertz CT molecular complexity index is 680. The van der Waals surface area contributed by atoms with Crippen molar-refractivity contribution in [3.05, 3.63) is 23.3 Å². The van der Waals surface area contributed by atoms with Crippen LogP contribution in [-0.4, -0.2) is 75.2 Å². The number of ether oxygens (including phenoxy) is 2. The zero-order valence-corrected chi connectivity index (χ0v) is 18.3. The SMILES string of the molecule is CCCN(CCCCN1CCNCC1=O)C1CCc2cc(OC)c(OC)cc2C1. The smallest absolute Gasteiger partial charge is 0.236 e. The maximum atomic E-state index is 11.9. The van der Waals surface area contributed by atoms with Crippen LogP contribution in [0.2, 0.25) is 0 Å². The minimum Gasteiger partial charge on any atom is -0.493 e. The van der Waals surface area contributed by atoms with Crippen molar-refractivity contribution in [2.24, 2.45) is 0 Å². The lowest BCUT2D eigenvalue weighted by molar-refractivity contribution is -0.131. The molecular weight excluding hydrogens is 366 g/mol.